The minimum atomic E-state index is 0.431. The van der Waals surface area contributed by atoms with Gasteiger partial charge in [-0.3, -0.25) is 4.98 Å². The maximum Gasteiger partial charge on any atom is 0.0564 e. The summed E-state index contributed by atoms with van der Waals surface area (Å²) in [4.78, 5) is 6.65. The second-order valence-electron chi connectivity index (χ2n) is 5.05. The summed E-state index contributed by atoms with van der Waals surface area (Å²) in [6, 6.07) is 2.15. The minimum absolute atomic E-state index is 0.431. The third kappa shape index (κ3) is 2.71. The van der Waals surface area contributed by atoms with Gasteiger partial charge >= 0.3 is 0 Å². The van der Waals surface area contributed by atoms with Crippen molar-refractivity contribution < 1.29 is 0 Å². The molecule has 1 aliphatic rings. The molecule has 3 heteroatoms. The Bertz CT molecular complexity index is 349. The van der Waals surface area contributed by atoms with E-state index in [1.54, 1.807) is 0 Å². The summed E-state index contributed by atoms with van der Waals surface area (Å²) >= 11 is 3.47. The van der Waals surface area contributed by atoms with Crippen LogP contribution in [0.5, 0.6) is 0 Å². The van der Waals surface area contributed by atoms with Gasteiger partial charge in [-0.05, 0) is 40.3 Å². The average Bonchev–Trinajstić information content (AvgIpc) is 2.16. The van der Waals surface area contributed by atoms with Gasteiger partial charge in [0.1, 0.15) is 0 Å². The van der Waals surface area contributed by atoms with Crippen LogP contribution >= 0.6 is 15.9 Å². The minimum Gasteiger partial charge on any atom is -0.370 e. The molecule has 0 N–H and O–H groups in total. The highest BCUT2D eigenvalue weighted by Crippen LogP contribution is 2.31. The maximum atomic E-state index is 4.22. The summed E-state index contributed by atoms with van der Waals surface area (Å²) in [6.45, 7) is 6.96. The SMILES string of the molecule is CC1(C)CCCN(c2cncc(Br)c2)C1. The third-order valence-electron chi connectivity index (χ3n) is 2.96. The summed E-state index contributed by atoms with van der Waals surface area (Å²) in [7, 11) is 0. The van der Waals surface area contributed by atoms with Crippen LogP contribution in [0.4, 0.5) is 5.69 Å². The Labute approximate surface area is 99.8 Å². The number of hydrogen-bond acceptors (Lipinski definition) is 2. The Kier molecular flexibility index (Phi) is 3.01. The number of piperidine rings is 1. The highest BCUT2D eigenvalue weighted by molar-refractivity contribution is 9.10. The molecule has 2 rings (SSSR count). The lowest BCUT2D eigenvalue weighted by molar-refractivity contribution is 0.293. The molecule has 0 bridgehead atoms. The number of nitrogens with zero attached hydrogens (tertiary/aromatic N) is 2. The number of anilines is 1. The number of halogens is 1. The van der Waals surface area contributed by atoms with Crippen LogP contribution in [0.25, 0.3) is 0 Å². The zero-order valence-electron chi connectivity index (χ0n) is 9.33. The number of aromatic nitrogens is 1. The van der Waals surface area contributed by atoms with Crippen LogP contribution in [0.3, 0.4) is 0 Å². The smallest absolute Gasteiger partial charge is 0.0564 e. The van der Waals surface area contributed by atoms with Crippen LogP contribution in [0, 0.1) is 5.41 Å². The Hall–Kier alpha value is -0.570. The van der Waals surface area contributed by atoms with E-state index in [4.69, 9.17) is 0 Å². The quantitative estimate of drug-likeness (QED) is 0.776. The molecule has 0 atom stereocenters. The molecular weight excluding hydrogens is 252 g/mol. The first-order valence-corrected chi connectivity index (χ1v) is 6.22. The summed E-state index contributed by atoms with van der Waals surface area (Å²) < 4.78 is 1.06. The van der Waals surface area contributed by atoms with Crippen molar-refractivity contribution in [1.29, 1.82) is 0 Å². The maximum absolute atomic E-state index is 4.22. The van der Waals surface area contributed by atoms with Crippen molar-refractivity contribution in [3.63, 3.8) is 0 Å². The van der Waals surface area contributed by atoms with E-state index >= 15 is 0 Å². The van der Waals surface area contributed by atoms with Gasteiger partial charge in [0.2, 0.25) is 0 Å². The van der Waals surface area contributed by atoms with Crippen molar-refractivity contribution in [1.82, 2.24) is 4.98 Å². The molecule has 0 aliphatic carbocycles. The van der Waals surface area contributed by atoms with Crippen molar-refractivity contribution in [2.45, 2.75) is 26.7 Å². The predicted molar refractivity (Wildman–Crippen MR) is 67.2 cm³/mol. The highest BCUT2D eigenvalue weighted by Gasteiger charge is 2.26. The van der Waals surface area contributed by atoms with Crippen LogP contribution in [0.1, 0.15) is 26.7 Å². The Morgan fingerprint density at radius 1 is 1.40 bits per heavy atom. The zero-order chi connectivity index (χ0) is 10.9. The lowest BCUT2D eigenvalue weighted by Crippen LogP contribution is -2.40. The van der Waals surface area contributed by atoms with Gasteiger partial charge in [-0.2, -0.15) is 0 Å². The van der Waals surface area contributed by atoms with Crippen molar-refractivity contribution in [2.75, 3.05) is 18.0 Å². The first-order chi connectivity index (χ1) is 7.07. The van der Waals surface area contributed by atoms with E-state index in [9.17, 15) is 0 Å². The summed E-state index contributed by atoms with van der Waals surface area (Å²) in [5.41, 5.74) is 1.66. The molecule has 82 valence electrons. The van der Waals surface area contributed by atoms with E-state index in [0.717, 1.165) is 17.6 Å². The van der Waals surface area contributed by atoms with Gasteiger partial charge in [-0.25, -0.2) is 0 Å². The molecule has 2 nitrogen and oxygen atoms in total. The molecular formula is C12H17BrN2. The predicted octanol–water partition coefficient (Wildman–Crippen LogP) is 3.47. The lowest BCUT2D eigenvalue weighted by Gasteiger charge is -2.39. The molecule has 0 spiro atoms. The second kappa shape index (κ2) is 4.12. The van der Waals surface area contributed by atoms with E-state index in [0.29, 0.717) is 5.41 Å². The van der Waals surface area contributed by atoms with E-state index in [1.807, 2.05) is 12.4 Å². The van der Waals surface area contributed by atoms with E-state index < -0.39 is 0 Å². The van der Waals surface area contributed by atoms with Gasteiger partial charge < -0.3 is 4.90 Å². The van der Waals surface area contributed by atoms with Crippen molar-refractivity contribution in [3.8, 4) is 0 Å². The molecule has 0 radical (unpaired) electrons. The Balaban J connectivity index is 2.17. The molecule has 1 aliphatic heterocycles. The molecule has 1 aromatic rings. The fourth-order valence-electron chi connectivity index (χ4n) is 2.22. The Morgan fingerprint density at radius 2 is 2.20 bits per heavy atom. The Morgan fingerprint density at radius 3 is 2.87 bits per heavy atom. The van der Waals surface area contributed by atoms with Crippen molar-refractivity contribution in [2.24, 2.45) is 5.41 Å². The van der Waals surface area contributed by atoms with Gasteiger partial charge in [-0.1, -0.05) is 13.8 Å². The molecule has 0 unspecified atom stereocenters. The summed E-state index contributed by atoms with van der Waals surface area (Å²) in [5, 5.41) is 0. The lowest BCUT2D eigenvalue weighted by atomic mass is 9.84. The van der Waals surface area contributed by atoms with Crippen molar-refractivity contribution >= 4 is 21.6 Å². The molecule has 15 heavy (non-hydrogen) atoms. The molecule has 1 fully saturated rings. The highest BCUT2D eigenvalue weighted by atomic mass is 79.9. The van der Waals surface area contributed by atoms with Crippen LogP contribution in [-0.2, 0) is 0 Å². The van der Waals surface area contributed by atoms with Crippen molar-refractivity contribution in [3.05, 3.63) is 22.9 Å². The van der Waals surface area contributed by atoms with Gasteiger partial charge in [0.05, 0.1) is 11.9 Å². The molecule has 2 heterocycles. The molecule has 1 saturated heterocycles. The monoisotopic (exact) mass is 268 g/mol. The number of pyridine rings is 1. The normalized spacial score (nSPS) is 20.3. The fourth-order valence-corrected chi connectivity index (χ4v) is 2.57. The zero-order valence-corrected chi connectivity index (χ0v) is 10.9. The van der Waals surface area contributed by atoms with Crippen LogP contribution in [0.2, 0.25) is 0 Å². The van der Waals surface area contributed by atoms with E-state index in [2.05, 4.69) is 45.7 Å². The average molecular weight is 269 g/mol. The molecule has 1 aromatic heterocycles. The standard InChI is InChI=1S/C12H17BrN2/c1-12(2)4-3-5-15(9-12)11-6-10(13)7-14-8-11/h6-8H,3-5,9H2,1-2H3. The molecule has 0 aromatic carbocycles. The van der Waals surface area contributed by atoms with Gasteiger partial charge in [0.15, 0.2) is 0 Å². The molecule has 0 amide bonds. The topological polar surface area (TPSA) is 16.1 Å². The third-order valence-corrected chi connectivity index (χ3v) is 3.39. The van der Waals surface area contributed by atoms with Crippen LogP contribution in [0.15, 0.2) is 22.9 Å². The number of rotatable bonds is 1. The fraction of sp³-hybridized carbons (Fsp3) is 0.583. The van der Waals surface area contributed by atoms with Gasteiger partial charge in [0.25, 0.3) is 0 Å². The largest absolute Gasteiger partial charge is 0.370 e. The van der Waals surface area contributed by atoms with E-state index in [-0.39, 0.29) is 0 Å². The van der Waals surface area contributed by atoms with Gasteiger partial charge in [0, 0.05) is 23.8 Å². The summed E-state index contributed by atoms with van der Waals surface area (Å²) in [5.74, 6) is 0. The second-order valence-corrected chi connectivity index (χ2v) is 5.97. The van der Waals surface area contributed by atoms with Crippen LogP contribution in [-0.4, -0.2) is 18.1 Å². The van der Waals surface area contributed by atoms with Gasteiger partial charge in [-0.15, -0.1) is 0 Å². The first-order valence-electron chi connectivity index (χ1n) is 5.42. The van der Waals surface area contributed by atoms with E-state index in [1.165, 1.54) is 18.5 Å². The van der Waals surface area contributed by atoms with Crippen LogP contribution < -0.4 is 4.90 Å². The number of hydrogen-bond donors (Lipinski definition) is 0. The molecule has 0 saturated carbocycles. The first kappa shape index (κ1) is 10.9. The summed E-state index contributed by atoms with van der Waals surface area (Å²) in [6.07, 6.45) is 6.38.